The third-order valence-electron chi connectivity index (χ3n) is 0.429. The van der Waals surface area contributed by atoms with E-state index >= 15 is 0 Å². The van der Waals surface area contributed by atoms with Crippen LogP contribution < -0.4 is 0 Å². The Morgan fingerprint density at radius 3 is 1.62 bits per heavy atom. The Morgan fingerprint density at radius 1 is 1.50 bits per heavy atom. The van der Waals surface area contributed by atoms with Crippen LogP contribution in [0.25, 0.3) is 0 Å². The van der Waals surface area contributed by atoms with Crippen LogP contribution in [0.4, 0.5) is 13.2 Å². The first-order chi connectivity index (χ1) is 3.25. The molecule has 1 N–H and O–H groups in total. The van der Waals surface area contributed by atoms with Crippen molar-refractivity contribution in [3.8, 4) is 0 Å². The number of hydrogen-bond acceptors (Lipinski definition) is 1. The van der Waals surface area contributed by atoms with Gasteiger partial charge in [0.15, 0.2) is 0 Å². The van der Waals surface area contributed by atoms with Crippen LogP contribution in [0.3, 0.4) is 0 Å². The van der Waals surface area contributed by atoms with Crippen LogP contribution in [0, 0.1) is 0 Å². The molecule has 0 spiro atoms. The van der Waals surface area contributed by atoms with Crippen molar-refractivity contribution in [1.82, 2.24) is 0 Å². The van der Waals surface area contributed by atoms with Gasteiger partial charge >= 0.3 is 15.7 Å². The second kappa shape index (κ2) is 1.70. The molecule has 0 saturated carbocycles. The van der Waals surface area contributed by atoms with Crippen LogP contribution in [0.5, 0.6) is 0 Å². The minimum Gasteiger partial charge on any atom is -0.181 e. The highest BCUT2D eigenvalue weighted by atomic mass is 32.3. The molecule has 0 amide bonds. The highest BCUT2D eigenvalue weighted by Gasteiger charge is 2.54. The molecule has 0 bridgehead atoms. The van der Waals surface area contributed by atoms with E-state index in [1.165, 1.54) is 0 Å². The minimum absolute atomic E-state index is 0.229. The van der Waals surface area contributed by atoms with E-state index in [0.717, 1.165) is 0 Å². The van der Waals surface area contributed by atoms with E-state index < -0.39 is 15.7 Å². The van der Waals surface area contributed by atoms with Crippen LogP contribution in [-0.2, 0) is 14.4 Å². The maximum Gasteiger partial charge on any atom is 0.608 e. The Balaban J connectivity index is 4.26. The molecule has 0 radical (unpaired) electrons. The predicted octanol–water partition coefficient (Wildman–Crippen LogP) is 1.11. The van der Waals surface area contributed by atoms with Crippen LogP contribution in [0.15, 0.2) is 0 Å². The summed E-state index contributed by atoms with van der Waals surface area (Å²) in [5, 5.41) is 0. The summed E-state index contributed by atoms with van der Waals surface area (Å²) >= 11 is 0. The van der Waals surface area contributed by atoms with Crippen molar-refractivity contribution in [2.45, 2.75) is 5.51 Å². The highest BCUT2D eigenvalue weighted by molar-refractivity contribution is 7.97. The van der Waals surface area contributed by atoms with Crippen molar-refractivity contribution >= 4 is 10.2 Å². The van der Waals surface area contributed by atoms with Gasteiger partial charge in [-0.1, -0.05) is 4.21 Å². The van der Waals surface area contributed by atoms with E-state index in [1.54, 1.807) is 0 Å². The van der Waals surface area contributed by atoms with Gasteiger partial charge in [0.1, 0.15) is 6.26 Å². The average Bonchev–Trinajstić information content (AvgIpc) is 1.25. The van der Waals surface area contributed by atoms with Crippen LogP contribution in [-0.4, -0.2) is 16.3 Å². The second-order valence-corrected chi connectivity index (χ2v) is 3.32. The first-order valence-corrected chi connectivity index (χ1v) is 3.45. The first-order valence-electron chi connectivity index (χ1n) is 1.53. The summed E-state index contributed by atoms with van der Waals surface area (Å²) in [6.45, 7) is 0. The average molecular weight is 149 g/mol. The molecule has 0 aromatic carbocycles. The van der Waals surface area contributed by atoms with Gasteiger partial charge in [0.05, 0.1) is 0 Å². The molecule has 0 aliphatic rings. The van der Waals surface area contributed by atoms with E-state index in [9.17, 15) is 17.4 Å². The summed E-state index contributed by atoms with van der Waals surface area (Å²) in [4.78, 5) is 0. The predicted molar refractivity (Wildman–Crippen MR) is 22.7 cm³/mol. The van der Waals surface area contributed by atoms with Gasteiger partial charge in [0.2, 0.25) is 0 Å². The molecule has 0 aromatic rings. The van der Waals surface area contributed by atoms with E-state index in [2.05, 4.69) is 0 Å². The van der Waals surface area contributed by atoms with Crippen LogP contribution in [0.2, 0.25) is 0 Å². The number of alkyl halides is 3. The third kappa shape index (κ3) is 1.79. The van der Waals surface area contributed by atoms with Gasteiger partial charge in [-0.15, -0.1) is 13.2 Å². The molecule has 0 aromatic heterocycles. The summed E-state index contributed by atoms with van der Waals surface area (Å²) in [5.74, 6) is 0. The fourth-order valence-corrected chi connectivity index (χ4v) is 0. The lowest BCUT2D eigenvalue weighted by Crippen LogP contribution is -2.27. The molecule has 0 saturated heterocycles. The number of rotatable bonds is 0. The molecule has 8 heavy (non-hydrogen) atoms. The maximum atomic E-state index is 11.0. The normalized spacial score (nSPS) is 20.1. The van der Waals surface area contributed by atoms with Crippen molar-refractivity contribution in [1.29, 1.82) is 0 Å². The topological polar surface area (TPSA) is 37.3 Å². The van der Waals surface area contributed by atoms with Crippen LogP contribution in [0.1, 0.15) is 0 Å². The van der Waals surface area contributed by atoms with Crippen molar-refractivity contribution in [2.24, 2.45) is 0 Å². The molecule has 2 nitrogen and oxygen atoms in total. The molecule has 50 valence electrons. The summed E-state index contributed by atoms with van der Waals surface area (Å²) in [5.41, 5.74) is -4.98. The minimum atomic E-state index is -4.98. The zero-order chi connectivity index (χ0) is 7.00. The Morgan fingerprint density at radius 2 is 1.62 bits per heavy atom. The zero-order valence-corrected chi connectivity index (χ0v) is 4.71. The van der Waals surface area contributed by atoms with Gasteiger partial charge in [0.25, 0.3) is 0 Å². The number of halogens is 3. The highest BCUT2D eigenvalue weighted by Crippen LogP contribution is 2.25. The molecule has 6 heteroatoms. The van der Waals surface area contributed by atoms with Gasteiger partial charge < -0.3 is 0 Å². The van der Waals surface area contributed by atoms with Crippen molar-refractivity contribution in [3.05, 3.63) is 0 Å². The van der Waals surface area contributed by atoms with E-state index in [0.29, 0.717) is 0 Å². The zero-order valence-electron chi connectivity index (χ0n) is 3.90. The molecule has 0 fully saturated rings. The molecule has 0 aliphatic heterocycles. The fraction of sp³-hybridized carbons (Fsp3) is 1.00. The molecule has 0 heterocycles. The van der Waals surface area contributed by atoms with Crippen molar-refractivity contribution in [2.75, 3.05) is 6.26 Å². The molecule has 1 atom stereocenters. The molecule has 0 rings (SSSR count). The Kier molecular flexibility index (Phi) is 1.67. The molecule has 1 unspecified atom stereocenters. The summed E-state index contributed by atoms with van der Waals surface area (Å²) in [6, 6.07) is 0. The van der Waals surface area contributed by atoms with Crippen molar-refractivity contribution in [3.63, 3.8) is 0 Å². The third-order valence-corrected chi connectivity index (χ3v) is 1.29. The smallest absolute Gasteiger partial charge is 0.181 e. The van der Waals surface area contributed by atoms with Gasteiger partial charge in [-0.2, -0.15) is 4.55 Å². The van der Waals surface area contributed by atoms with Crippen molar-refractivity contribution < 1.29 is 21.9 Å². The molecular formula is C2H4F3O2S+. The lowest BCUT2D eigenvalue weighted by molar-refractivity contribution is -0.0490. The van der Waals surface area contributed by atoms with Gasteiger partial charge in [-0.3, -0.25) is 0 Å². The fourth-order valence-electron chi connectivity index (χ4n) is 0. The second-order valence-electron chi connectivity index (χ2n) is 1.25. The van der Waals surface area contributed by atoms with E-state index in [1.807, 2.05) is 0 Å². The standard InChI is InChI=1S/C2H3F3O2S/c1-8(6,7)2(3,4)5/h1H3/p+1. The van der Waals surface area contributed by atoms with Gasteiger partial charge in [-0.05, 0) is 0 Å². The summed E-state index contributed by atoms with van der Waals surface area (Å²) in [7, 11) is -4.59. The largest absolute Gasteiger partial charge is 0.608 e. The number of hydrogen-bond donors (Lipinski definition) is 1. The van der Waals surface area contributed by atoms with E-state index in [4.69, 9.17) is 4.55 Å². The maximum absolute atomic E-state index is 11.0. The first kappa shape index (κ1) is 7.90. The Hall–Kier alpha value is -0.100. The monoisotopic (exact) mass is 149 g/mol. The summed E-state index contributed by atoms with van der Waals surface area (Å²) < 4.78 is 50.5. The van der Waals surface area contributed by atoms with Gasteiger partial charge in [-0.25, -0.2) is 0 Å². The molecular weight excluding hydrogens is 145 g/mol. The molecule has 0 aliphatic carbocycles. The Bertz CT molecular complexity index is 122. The SMILES string of the molecule is C[S+](=O)(O)C(F)(F)F. The lowest BCUT2D eigenvalue weighted by atomic mass is 11.6. The van der Waals surface area contributed by atoms with Crippen LogP contribution >= 0.6 is 0 Å². The van der Waals surface area contributed by atoms with E-state index in [-0.39, 0.29) is 6.26 Å². The van der Waals surface area contributed by atoms with Gasteiger partial charge in [0, 0.05) is 0 Å². The lowest BCUT2D eigenvalue weighted by Gasteiger charge is -1.98. The Labute approximate surface area is 44.9 Å². The summed E-state index contributed by atoms with van der Waals surface area (Å²) in [6.07, 6.45) is 0.229. The quantitative estimate of drug-likeness (QED) is 0.524.